The van der Waals surface area contributed by atoms with Gasteiger partial charge in [-0.15, -0.1) is 0 Å². The minimum Gasteiger partial charge on any atom is -0.444 e. The van der Waals surface area contributed by atoms with Crippen molar-refractivity contribution in [2.45, 2.75) is 59.6 Å². The number of fused-ring (bicyclic) bond motifs is 1. The Kier molecular flexibility index (Phi) is 5.15. The lowest BCUT2D eigenvalue weighted by atomic mass is 9.97. The highest BCUT2D eigenvalue weighted by Gasteiger charge is 2.37. The van der Waals surface area contributed by atoms with Crippen molar-refractivity contribution in [2.75, 3.05) is 6.54 Å². The van der Waals surface area contributed by atoms with Gasteiger partial charge < -0.3 is 15.4 Å². The third-order valence-corrected chi connectivity index (χ3v) is 5.00. The molecule has 0 unspecified atom stereocenters. The highest BCUT2D eigenvalue weighted by atomic mass is 19.1. The van der Waals surface area contributed by atoms with Gasteiger partial charge in [0.25, 0.3) is 5.91 Å². The summed E-state index contributed by atoms with van der Waals surface area (Å²) in [5.74, 6) is -0.952. The second-order valence-electron chi connectivity index (χ2n) is 8.48. The molecule has 1 aromatic heterocycles. The van der Waals surface area contributed by atoms with Gasteiger partial charge in [-0.25, -0.2) is 13.9 Å². The molecule has 2 aromatic rings. The van der Waals surface area contributed by atoms with E-state index in [-0.39, 0.29) is 11.5 Å². The van der Waals surface area contributed by atoms with Crippen LogP contribution < -0.4 is 5.73 Å². The van der Waals surface area contributed by atoms with Crippen molar-refractivity contribution in [3.63, 3.8) is 0 Å². The first-order valence-electron chi connectivity index (χ1n) is 9.59. The molecule has 0 spiro atoms. The molecule has 0 aliphatic carbocycles. The van der Waals surface area contributed by atoms with Crippen molar-refractivity contribution in [1.82, 2.24) is 14.7 Å². The minimum atomic E-state index is -0.656. The topological polar surface area (TPSA) is 90.5 Å². The van der Waals surface area contributed by atoms with Gasteiger partial charge in [0.1, 0.15) is 17.1 Å². The van der Waals surface area contributed by atoms with E-state index in [0.29, 0.717) is 41.0 Å². The smallest absolute Gasteiger partial charge is 0.410 e. The largest absolute Gasteiger partial charge is 0.444 e. The Morgan fingerprint density at radius 2 is 1.83 bits per heavy atom. The molecule has 2 amide bonds. The summed E-state index contributed by atoms with van der Waals surface area (Å²) in [5, 5.41) is 4.59. The predicted molar refractivity (Wildman–Crippen MR) is 107 cm³/mol. The van der Waals surface area contributed by atoms with Gasteiger partial charge in [0.05, 0.1) is 17.4 Å². The Morgan fingerprint density at radius 1 is 1.24 bits per heavy atom. The summed E-state index contributed by atoms with van der Waals surface area (Å²) >= 11 is 0. The van der Waals surface area contributed by atoms with Crippen molar-refractivity contribution in [3.8, 4) is 5.69 Å². The van der Waals surface area contributed by atoms with E-state index in [1.165, 1.54) is 4.68 Å². The van der Waals surface area contributed by atoms with Gasteiger partial charge in [0.2, 0.25) is 0 Å². The molecule has 8 heteroatoms. The fraction of sp³-hybridized carbons (Fsp3) is 0.476. The molecular formula is C21H27FN4O3. The van der Waals surface area contributed by atoms with Gasteiger partial charge in [-0.3, -0.25) is 4.79 Å². The Hall–Kier alpha value is -2.90. The van der Waals surface area contributed by atoms with E-state index >= 15 is 0 Å². The monoisotopic (exact) mass is 402 g/mol. The van der Waals surface area contributed by atoms with Crippen molar-refractivity contribution in [3.05, 3.63) is 46.0 Å². The SMILES string of the molecule is Cc1cc(-n2nc3c(c2C(N)=O)[C@H](C)N(C(=O)OC(C)(C)C)CC3)cc(C)c1F. The molecule has 0 saturated carbocycles. The number of primary amides is 1. The van der Waals surface area contributed by atoms with Gasteiger partial charge in [-0.1, -0.05) is 0 Å². The van der Waals surface area contributed by atoms with Gasteiger partial charge in [-0.2, -0.15) is 5.10 Å². The first-order chi connectivity index (χ1) is 13.4. The number of carbonyl (C=O) groups excluding carboxylic acids is 2. The van der Waals surface area contributed by atoms with Crippen LogP contribution in [0.5, 0.6) is 0 Å². The van der Waals surface area contributed by atoms with E-state index in [4.69, 9.17) is 10.5 Å². The Labute approximate surface area is 169 Å². The van der Waals surface area contributed by atoms with Gasteiger partial charge >= 0.3 is 6.09 Å². The molecule has 156 valence electrons. The zero-order chi connectivity index (χ0) is 21.7. The summed E-state index contributed by atoms with van der Waals surface area (Å²) in [7, 11) is 0. The fourth-order valence-corrected chi connectivity index (χ4v) is 3.71. The zero-order valence-corrected chi connectivity index (χ0v) is 17.7. The number of aromatic nitrogens is 2. The normalized spacial score (nSPS) is 16.5. The van der Waals surface area contributed by atoms with E-state index in [9.17, 15) is 14.0 Å². The van der Waals surface area contributed by atoms with Crippen molar-refractivity contribution < 1.29 is 18.7 Å². The van der Waals surface area contributed by atoms with Crippen LogP contribution in [0.3, 0.4) is 0 Å². The highest BCUT2D eigenvalue weighted by molar-refractivity contribution is 5.94. The van der Waals surface area contributed by atoms with E-state index in [0.717, 1.165) is 0 Å². The number of benzene rings is 1. The van der Waals surface area contributed by atoms with Crippen molar-refractivity contribution in [1.29, 1.82) is 0 Å². The molecule has 0 radical (unpaired) electrons. The summed E-state index contributed by atoms with van der Waals surface area (Å²) in [6, 6.07) is 2.82. The maximum atomic E-state index is 14.1. The third kappa shape index (κ3) is 3.83. The molecule has 29 heavy (non-hydrogen) atoms. The maximum Gasteiger partial charge on any atom is 0.410 e. The van der Waals surface area contributed by atoms with Gasteiger partial charge in [0, 0.05) is 18.5 Å². The molecule has 2 heterocycles. The molecule has 1 aromatic carbocycles. The number of aryl methyl sites for hydroxylation is 2. The summed E-state index contributed by atoms with van der Waals surface area (Å²) in [6.07, 6.45) is 0.0121. The van der Waals surface area contributed by atoms with E-state index in [2.05, 4.69) is 5.10 Å². The summed E-state index contributed by atoms with van der Waals surface area (Å²) < 4.78 is 21.0. The van der Waals surface area contributed by atoms with Crippen LogP contribution in [0.4, 0.5) is 9.18 Å². The molecule has 0 saturated heterocycles. The number of halogens is 1. The molecule has 0 fully saturated rings. The Morgan fingerprint density at radius 3 is 2.34 bits per heavy atom. The highest BCUT2D eigenvalue weighted by Crippen LogP contribution is 2.34. The molecule has 7 nitrogen and oxygen atoms in total. The van der Waals surface area contributed by atoms with Crippen LogP contribution in [0.25, 0.3) is 5.69 Å². The zero-order valence-electron chi connectivity index (χ0n) is 17.7. The second-order valence-corrected chi connectivity index (χ2v) is 8.48. The first kappa shape index (κ1) is 20.8. The number of hydrogen-bond donors (Lipinski definition) is 1. The van der Waals surface area contributed by atoms with Crippen LogP contribution in [0.1, 0.15) is 66.6 Å². The lowest BCUT2D eigenvalue weighted by molar-refractivity contribution is 0.0158. The van der Waals surface area contributed by atoms with Gasteiger partial charge in [-0.05, 0) is 64.8 Å². The lowest BCUT2D eigenvalue weighted by Crippen LogP contribution is -2.42. The maximum absolute atomic E-state index is 14.1. The Balaban J connectivity index is 2.09. The van der Waals surface area contributed by atoms with Crippen LogP contribution in [0, 0.1) is 19.7 Å². The van der Waals surface area contributed by atoms with Crippen LogP contribution in [0.15, 0.2) is 12.1 Å². The van der Waals surface area contributed by atoms with Crippen LogP contribution >= 0.6 is 0 Å². The molecule has 1 atom stereocenters. The molecule has 3 rings (SSSR count). The van der Waals surface area contributed by atoms with Crippen LogP contribution in [0.2, 0.25) is 0 Å². The van der Waals surface area contributed by atoms with Gasteiger partial charge in [0.15, 0.2) is 0 Å². The molecule has 2 N–H and O–H groups in total. The van der Waals surface area contributed by atoms with Crippen molar-refractivity contribution in [2.24, 2.45) is 5.73 Å². The minimum absolute atomic E-state index is 0.200. The molecular weight excluding hydrogens is 375 g/mol. The first-order valence-corrected chi connectivity index (χ1v) is 9.59. The summed E-state index contributed by atoms with van der Waals surface area (Å²) in [4.78, 5) is 26.6. The second kappa shape index (κ2) is 7.17. The number of ether oxygens (including phenoxy) is 1. The van der Waals surface area contributed by atoms with E-state index < -0.39 is 23.6 Å². The standard InChI is InChI=1S/C21H27FN4O3/c1-11-9-14(10-12(2)17(11)22)26-18(19(23)27)16-13(3)25(8-7-15(16)24-26)20(28)29-21(4,5)6/h9-10,13H,7-8H2,1-6H3,(H2,23,27)/t13-/m0/s1. The molecule has 1 aliphatic rings. The average molecular weight is 402 g/mol. The number of carbonyl (C=O) groups is 2. The van der Waals surface area contributed by atoms with Crippen LogP contribution in [-0.4, -0.2) is 38.8 Å². The molecule has 0 bridgehead atoms. The number of hydrogen-bond acceptors (Lipinski definition) is 4. The lowest BCUT2D eigenvalue weighted by Gasteiger charge is -2.34. The predicted octanol–water partition coefficient (Wildman–Crippen LogP) is 3.58. The van der Waals surface area contributed by atoms with Crippen LogP contribution in [-0.2, 0) is 11.2 Å². The van der Waals surface area contributed by atoms with Crippen molar-refractivity contribution >= 4 is 12.0 Å². The average Bonchev–Trinajstić information content (AvgIpc) is 2.98. The van der Waals surface area contributed by atoms with E-state index in [1.807, 2.05) is 6.92 Å². The number of nitrogens with two attached hydrogens (primary N) is 1. The molecule has 1 aliphatic heterocycles. The van der Waals surface area contributed by atoms with E-state index in [1.54, 1.807) is 51.7 Å². The number of amides is 2. The fourth-order valence-electron chi connectivity index (χ4n) is 3.71. The third-order valence-electron chi connectivity index (χ3n) is 5.00. The summed E-state index contributed by atoms with van der Waals surface area (Å²) in [5.41, 5.74) is 8.04. The number of rotatable bonds is 2. The quantitative estimate of drug-likeness (QED) is 0.831. The summed E-state index contributed by atoms with van der Waals surface area (Å²) in [6.45, 7) is 11.0. The number of nitrogens with zero attached hydrogens (tertiary/aromatic N) is 3. The Bertz CT molecular complexity index is 968.